The zero-order chi connectivity index (χ0) is 13.3. The van der Waals surface area contributed by atoms with Crippen molar-refractivity contribution in [3.05, 3.63) is 0 Å². The zero-order valence-corrected chi connectivity index (χ0v) is 10.4. The first-order valence-corrected chi connectivity index (χ1v) is 5.74. The van der Waals surface area contributed by atoms with E-state index in [0.29, 0.717) is 19.6 Å². The molecule has 0 aliphatic heterocycles. The van der Waals surface area contributed by atoms with E-state index in [1.165, 1.54) is 0 Å². The minimum Gasteiger partial charge on any atom is -0.481 e. The summed E-state index contributed by atoms with van der Waals surface area (Å²) in [5.41, 5.74) is 5.20. The summed E-state index contributed by atoms with van der Waals surface area (Å²) < 4.78 is 4.93. The molecule has 0 aliphatic rings. The van der Waals surface area contributed by atoms with Crippen molar-refractivity contribution in [1.82, 2.24) is 5.32 Å². The van der Waals surface area contributed by atoms with E-state index >= 15 is 0 Å². The molecule has 1 atom stereocenters. The van der Waals surface area contributed by atoms with Gasteiger partial charge in [-0.25, -0.2) is 0 Å². The Balaban J connectivity index is 3.87. The van der Waals surface area contributed by atoms with Gasteiger partial charge < -0.3 is 20.9 Å². The number of nitrogens with two attached hydrogens (primary N) is 1. The van der Waals surface area contributed by atoms with Crippen LogP contribution in [0.25, 0.3) is 0 Å². The van der Waals surface area contributed by atoms with Crippen molar-refractivity contribution in [2.24, 2.45) is 17.6 Å². The molecule has 6 nitrogen and oxygen atoms in total. The predicted octanol–water partition coefficient (Wildman–Crippen LogP) is -0.175. The third-order valence-electron chi connectivity index (χ3n) is 2.15. The molecular formula is C11H22N2O4. The highest BCUT2D eigenvalue weighted by Gasteiger charge is 2.19. The van der Waals surface area contributed by atoms with Gasteiger partial charge >= 0.3 is 5.97 Å². The quantitative estimate of drug-likeness (QED) is 0.490. The Bertz CT molecular complexity index is 244. The zero-order valence-electron chi connectivity index (χ0n) is 10.4. The van der Waals surface area contributed by atoms with Crippen LogP contribution in [0.1, 0.15) is 20.3 Å². The summed E-state index contributed by atoms with van der Waals surface area (Å²) in [4.78, 5) is 22.2. The van der Waals surface area contributed by atoms with Gasteiger partial charge in [-0.1, -0.05) is 13.8 Å². The van der Waals surface area contributed by atoms with Crippen molar-refractivity contribution in [2.75, 3.05) is 26.3 Å². The number of carboxylic acid groups (broad SMARTS) is 1. The third kappa shape index (κ3) is 8.65. The molecular weight excluding hydrogens is 224 g/mol. The molecule has 0 aromatic rings. The average molecular weight is 246 g/mol. The summed E-state index contributed by atoms with van der Waals surface area (Å²) in [5.74, 6) is -1.47. The van der Waals surface area contributed by atoms with Gasteiger partial charge in [-0.05, 0) is 12.3 Å². The monoisotopic (exact) mass is 246 g/mol. The van der Waals surface area contributed by atoms with Crippen LogP contribution in [0.4, 0.5) is 0 Å². The Hall–Kier alpha value is -1.14. The van der Waals surface area contributed by atoms with Crippen LogP contribution in [0.5, 0.6) is 0 Å². The standard InChI is InChI=1S/C11H22N2O4/c1-8(2)5-9(11(15)16)6-13-10(14)7-17-4-3-12/h8-9H,3-7,12H2,1-2H3,(H,13,14)(H,15,16). The number of hydrogen-bond acceptors (Lipinski definition) is 4. The lowest BCUT2D eigenvalue weighted by Gasteiger charge is -2.15. The van der Waals surface area contributed by atoms with Gasteiger partial charge in [0.25, 0.3) is 0 Å². The lowest BCUT2D eigenvalue weighted by Crippen LogP contribution is -2.36. The van der Waals surface area contributed by atoms with Gasteiger partial charge in [-0.15, -0.1) is 0 Å². The van der Waals surface area contributed by atoms with Gasteiger partial charge in [0.15, 0.2) is 0 Å². The molecule has 0 heterocycles. The Morgan fingerprint density at radius 1 is 1.41 bits per heavy atom. The second kappa shape index (κ2) is 8.95. The molecule has 17 heavy (non-hydrogen) atoms. The number of hydrogen-bond donors (Lipinski definition) is 3. The molecule has 6 heteroatoms. The molecule has 0 aromatic heterocycles. The second-order valence-corrected chi connectivity index (χ2v) is 4.31. The number of carbonyl (C=O) groups is 2. The third-order valence-corrected chi connectivity index (χ3v) is 2.15. The van der Waals surface area contributed by atoms with E-state index in [2.05, 4.69) is 5.32 Å². The molecule has 0 spiro atoms. The van der Waals surface area contributed by atoms with Gasteiger partial charge in [-0.3, -0.25) is 9.59 Å². The number of amides is 1. The number of carboxylic acids is 1. The molecule has 100 valence electrons. The van der Waals surface area contributed by atoms with Gasteiger partial charge in [0, 0.05) is 13.1 Å². The Morgan fingerprint density at radius 2 is 2.06 bits per heavy atom. The molecule has 0 rings (SSSR count). The van der Waals surface area contributed by atoms with Crippen LogP contribution in [0.3, 0.4) is 0 Å². The lowest BCUT2D eigenvalue weighted by atomic mass is 9.97. The van der Waals surface area contributed by atoms with Crippen molar-refractivity contribution in [2.45, 2.75) is 20.3 Å². The minimum atomic E-state index is -0.887. The lowest BCUT2D eigenvalue weighted by molar-refractivity contribution is -0.142. The fraction of sp³-hybridized carbons (Fsp3) is 0.818. The topological polar surface area (TPSA) is 102 Å². The van der Waals surface area contributed by atoms with Crippen LogP contribution < -0.4 is 11.1 Å². The normalized spacial score (nSPS) is 12.5. The summed E-state index contributed by atoms with van der Waals surface area (Å²) in [6.45, 7) is 4.63. The molecule has 0 fully saturated rings. The maximum absolute atomic E-state index is 11.3. The van der Waals surface area contributed by atoms with E-state index in [0.717, 1.165) is 0 Å². The highest BCUT2D eigenvalue weighted by Crippen LogP contribution is 2.10. The first-order chi connectivity index (χ1) is 7.97. The number of carbonyl (C=O) groups excluding carboxylic acids is 1. The molecule has 1 unspecified atom stereocenters. The number of nitrogens with one attached hydrogen (secondary N) is 1. The summed E-state index contributed by atoms with van der Waals surface area (Å²) in [6, 6.07) is 0. The average Bonchev–Trinajstić information content (AvgIpc) is 2.23. The largest absolute Gasteiger partial charge is 0.481 e. The van der Waals surface area contributed by atoms with Crippen LogP contribution in [-0.4, -0.2) is 43.3 Å². The second-order valence-electron chi connectivity index (χ2n) is 4.31. The number of rotatable bonds is 9. The highest BCUT2D eigenvalue weighted by atomic mass is 16.5. The van der Waals surface area contributed by atoms with Crippen molar-refractivity contribution >= 4 is 11.9 Å². The van der Waals surface area contributed by atoms with E-state index in [1.807, 2.05) is 13.8 Å². The molecule has 4 N–H and O–H groups in total. The van der Waals surface area contributed by atoms with E-state index < -0.39 is 11.9 Å². The van der Waals surface area contributed by atoms with Crippen LogP contribution in [0.15, 0.2) is 0 Å². The molecule has 0 aromatic carbocycles. The SMILES string of the molecule is CC(C)CC(CNC(=O)COCCN)C(=O)O. The smallest absolute Gasteiger partial charge is 0.308 e. The summed E-state index contributed by atoms with van der Waals surface area (Å²) in [7, 11) is 0. The molecule has 0 bridgehead atoms. The Morgan fingerprint density at radius 3 is 2.53 bits per heavy atom. The molecule has 0 aliphatic carbocycles. The summed E-state index contributed by atoms with van der Waals surface area (Å²) in [5, 5.41) is 11.5. The number of ether oxygens (including phenoxy) is 1. The van der Waals surface area contributed by atoms with Gasteiger partial charge in [-0.2, -0.15) is 0 Å². The van der Waals surface area contributed by atoms with Crippen LogP contribution >= 0.6 is 0 Å². The first kappa shape index (κ1) is 15.9. The Labute approximate surface area is 102 Å². The maximum atomic E-state index is 11.3. The summed E-state index contributed by atoms with van der Waals surface area (Å²) >= 11 is 0. The van der Waals surface area contributed by atoms with E-state index in [9.17, 15) is 9.59 Å². The van der Waals surface area contributed by atoms with Crippen molar-refractivity contribution in [3.8, 4) is 0 Å². The van der Waals surface area contributed by atoms with Crippen LogP contribution in [0, 0.1) is 11.8 Å². The fourth-order valence-electron chi connectivity index (χ4n) is 1.38. The van der Waals surface area contributed by atoms with Crippen LogP contribution in [-0.2, 0) is 14.3 Å². The van der Waals surface area contributed by atoms with Gasteiger partial charge in [0.2, 0.25) is 5.91 Å². The minimum absolute atomic E-state index is 0.0782. The Kier molecular flexibility index (Phi) is 8.35. The number of aliphatic carboxylic acids is 1. The van der Waals surface area contributed by atoms with E-state index in [-0.39, 0.29) is 25.0 Å². The first-order valence-electron chi connectivity index (χ1n) is 5.74. The van der Waals surface area contributed by atoms with Crippen molar-refractivity contribution in [3.63, 3.8) is 0 Å². The van der Waals surface area contributed by atoms with Gasteiger partial charge in [0.05, 0.1) is 12.5 Å². The molecule has 0 saturated carbocycles. The summed E-state index contributed by atoms with van der Waals surface area (Å²) in [6.07, 6.45) is 0.541. The molecule has 0 radical (unpaired) electrons. The molecule has 0 saturated heterocycles. The molecule has 1 amide bonds. The predicted molar refractivity (Wildman–Crippen MR) is 63.5 cm³/mol. The maximum Gasteiger partial charge on any atom is 0.308 e. The van der Waals surface area contributed by atoms with Crippen molar-refractivity contribution < 1.29 is 19.4 Å². The van der Waals surface area contributed by atoms with Gasteiger partial charge in [0.1, 0.15) is 6.61 Å². The van der Waals surface area contributed by atoms with E-state index in [1.54, 1.807) is 0 Å². The highest BCUT2D eigenvalue weighted by molar-refractivity contribution is 5.78. The van der Waals surface area contributed by atoms with Crippen molar-refractivity contribution in [1.29, 1.82) is 0 Å². The van der Waals surface area contributed by atoms with E-state index in [4.69, 9.17) is 15.6 Å². The van der Waals surface area contributed by atoms with Crippen LogP contribution in [0.2, 0.25) is 0 Å². The fourth-order valence-corrected chi connectivity index (χ4v) is 1.38.